The molecule has 0 aromatic heterocycles. The van der Waals surface area contributed by atoms with Gasteiger partial charge in [-0.25, -0.2) is 4.79 Å². The molecule has 0 saturated carbocycles. The van der Waals surface area contributed by atoms with Crippen molar-refractivity contribution in [3.05, 3.63) is 35.4 Å². The summed E-state index contributed by atoms with van der Waals surface area (Å²) in [4.78, 5) is 22.5. The average molecular weight is 283 g/mol. The highest BCUT2D eigenvalue weighted by Crippen LogP contribution is 2.10. The fraction of sp³-hybridized carbons (Fsp3) is 0.385. The minimum Gasteiger partial charge on any atom is -0.479 e. The number of amides is 1. The Morgan fingerprint density at radius 3 is 2.47 bits per heavy atom. The summed E-state index contributed by atoms with van der Waals surface area (Å²) < 4.78 is 4.73. The van der Waals surface area contributed by atoms with Gasteiger partial charge in [-0.15, -0.1) is 0 Å². The van der Waals surface area contributed by atoms with Crippen LogP contribution in [-0.2, 0) is 15.3 Å². The van der Waals surface area contributed by atoms with Crippen molar-refractivity contribution in [3.8, 4) is 0 Å². The third kappa shape index (κ3) is 4.92. The molecule has 0 aliphatic carbocycles. The van der Waals surface area contributed by atoms with E-state index >= 15 is 0 Å². The molecule has 2 N–H and O–H groups in total. The molecule has 0 aliphatic heterocycles. The highest BCUT2D eigenvalue weighted by Gasteiger charge is 2.17. The second-order valence-electron chi connectivity index (χ2n) is 3.90. The lowest BCUT2D eigenvalue weighted by atomic mass is 10.1. The maximum Gasteiger partial charge on any atom is 0.334 e. The van der Waals surface area contributed by atoms with Crippen LogP contribution in [0.1, 0.15) is 15.9 Å². The van der Waals surface area contributed by atoms with Crippen LogP contribution in [-0.4, -0.2) is 43.0 Å². The number of carbonyl (C=O) groups excluding carboxylic acids is 1. The van der Waals surface area contributed by atoms with Crippen LogP contribution in [0.25, 0.3) is 0 Å². The summed E-state index contributed by atoms with van der Waals surface area (Å²) in [6.07, 6.45) is 0.983. The van der Waals surface area contributed by atoms with Crippen LogP contribution in [0.2, 0.25) is 0 Å². The van der Waals surface area contributed by atoms with Gasteiger partial charge in [-0.1, -0.05) is 12.1 Å². The van der Waals surface area contributed by atoms with Gasteiger partial charge in [0, 0.05) is 18.4 Å². The number of ether oxygens (including phenoxy) is 1. The number of hydrogen-bond acceptors (Lipinski definition) is 4. The highest BCUT2D eigenvalue weighted by molar-refractivity contribution is 7.97. The van der Waals surface area contributed by atoms with Crippen LogP contribution >= 0.6 is 11.8 Å². The lowest BCUT2D eigenvalue weighted by Crippen LogP contribution is -2.37. The van der Waals surface area contributed by atoms with E-state index < -0.39 is 12.1 Å². The SMILES string of the molecule is COC(CNC(=O)c1ccc(CSC)cc1)C(=O)O. The number of methoxy groups -OCH3 is 1. The Bertz CT molecular complexity index is 433. The van der Waals surface area contributed by atoms with Gasteiger partial charge < -0.3 is 15.2 Å². The van der Waals surface area contributed by atoms with Crippen molar-refractivity contribution in [3.63, 3.8) is 0 Å². The zero-order valence-electron chi connectivity index (χ0n) is 10.9. The summed E-state index contributed by atoms with van der Waals surface area (Å²) in [5.74, 6) is -0.510. The molecule has 0 radical (unpaired) electrons. The van der Waals surface area contributed by atoms with Crippen LogP contribution in [0, 0.1) is 0 Å². The van der Waals surface area contributed by atoms with Crippen molar-refractivity contribution in [2.45, 2.75) is 11.9 Å². The summed E-state index contributed by atoms with van der Waals surface area (Å²) >= 11 is 1.71. The molecule has 1 unspecified atom stereocenters. The average Bonchev–Trinajstić information content (AvgIpc) is 2.40. The van der Waals surface area contributed by atoms with E-state index in [1.165, 1.54) is 7.11 Å². The summed E-state index contributed by atoms with van der Waals surface area (Å²) in [6, 6.07) is 7.22. The predicted octanol–water partition coefficient (Wildman–Crippen LogP) is 1.38. The van der Waals surface area contributed by atoms with Crippen molar-refractivity contribution in [2.24, 2.45) is 0 Å². The Balaban J connectivity index is 2.55. The normalized spacial score (nSPS) is 11.9. The van der Waals surface area contributed by atoms with Gasteiger partial charge in [0.25, 0.3) is 5.91 Å². The smallest absolute Gasteiger partial charge is 0.334 e. The largest absolute Gasteiger partial charge is 0.479 e. The molecule has 1 amide bonds. The van der Waals surface area contributed by atoms with Gasteiger partial charge in [0.1, 0.15) is 0 Å². The maximum atomic E-state index is 11.8. The van der Waals surface area contributed by atoms with Gasteiger partial charge in [0.05, 0.1) is 6.54 Å². The summed E-state index contributed by atoms with van der Waals surface area (Å²) in [5, 5.41) is 11.3. The molecule has 6 heteroatoms. The Labute approximate surface area is 116 Å². The lowest BCUT2D eigenvalue weighted by Gasteiger charge is -2.11. The van der Waals surface area contributed by atoms with E-state index in [2.05, 4.69) is 5.32 Å². The van der Waals surface area contributed by atoms with E-state index in [0.717, 1.165) is 11.3 Å². The molecule has 0 aliphatic rings. The zero-order valence-corrected chi connectivity index (χ0v) is 11.7. The number of hydrogen-bond donors (Lipinski definition) is 2. The Hall–Kier alpha value is -1.53. The second-order valence-corrected chi connectivity index (χ2v) is 4.77. The van der Waals surface area contributed by atoms with Crippen molar-refractivity contribution < 1.29 is 19.4 Å². The van der Waals surface area contributed by atoms with E-state index in [0.29, 0.717) is 5.56 Å². The first-order valence-corrected chi connectivity index (χ1v) is 7.09. The van der Waals surface area contributed by atoms with Crippen LogP contribution in [0.5, 0.6) is 0 Å². The number of carboxylic acid groups (broad SMARTS) is 1. The number of rotatable bonds is 7. The first-order chi connectivity index (χ1) is 9.08. The van der Waals surface area contributed by atoms with Crippen molar-refractivity contribution in [2.75, 3.05) is 19.9 Å². The maximum absolute atomic E-state index is 11.8. The Morgan fingerprint density at radius 1 is 1.37 bits per heavy atom. The minimum absolute atomic E-state index is 0.0583. The summed E-state index contributed by atoms with van der Waals surface area (Å²) in [5.41, 5.74) is 1.65. The monoisotopic (exact) mass is 283 g/mol. The molecule has 19 heavy (non-hydrogen) atoms. The lowest BCUT2D eigenvalue weighted by molar-refractivity contribution is -0.148. The molecule has 1 atom stereocenters. The van der Waals surface area contributed by atoms with Gasteiger partial charge in [-0.2, -0.15) is 11.8 Å². The number of thioether (sulfide) groups is 1. The minimum atomic E-state index is -1.10. The highest BCUT2D eigenvalue weighted by atomic mass is 32.2. The molecular formula is C13H17NO4S. The number of carboxylic acids is 1. The van der Waals surface area contributed by atoms with Crippen molar-refractivity contribution in [1.29, 1.82) is 0 Å². The van der Waals surface area contributed by atoms with Crippen LogP contribution < -0.4 is 5.32 Å². The Kier molecular flexibility index (Phi) is 6.38. The molecule has 0 spiro atoms. The van der Waals surface area contributed by atoms with Gasteiger partial charge in [0.2, 0.25) is 0 Å². The fourth-order valence-corrected chi connectivity index (χ4v) is 2.00. The molecule has 0 fully saturated rings. The first-order valence-electron chi connectivity index (χ1n) is 5.70. The molecule has 1 aromatic carbocycles. The molecular weight excluding hydrogens is 266 g/mol. The van der Waals surface area contributed by atoms with E-state index in [1.807, 2.05) is 18.4 Å². The molecule has 0 bridgehead atoms. The standard InChI is InChI=1S/C13H17NO4S/c1-18-11(13(16)17)7-14-12(15)10-5-3-9(4-6-10)8-19-2/h3-6,11H,7-8H2,1-2H3,(H,14,15)(H,16,17). The number of benzene rings is 1. The van der Waals surface area contributed by atoms with Crippen LogP contribution in [0.3, 0.4) is 0 Å². The van der Waals surface area contributed by atoms with Gasteiger partial charge >= 0.3 is 5.97 Å². The quantitative estimate of drug-likeness (QED) is 0.790. The molecule has 5 nitrogen and oxygen atoms in total. The van der Waals surface area contributed by atoms with E-state index in [9.17, 15) is 9.59 Å². The molecule has 1 aromatic rings. The third-order valence-corrected chi connectivity index (χ3v) is 3.16. The van der Waals surface area contributed by atoms with Gasteiger partial charge in [-0.3, -0.25) is 4.79 Å². The molecule has 104 valence electrons. The zero-order chi connectivity index (χ0) is 14.3. The van der Waals surface area contributed by atoms with Gasteiger partial charge in [0.15, 0.2) is 6.10 Å². The van der Waals surface area contributed by atoms with E-state index in [1.54, 1.807) is 23.9 Å². The van der Waals surface area contributed by atoms with Crippen molar-refractivity contribution >= 4 is 23.6 Å². The Morgan fingerprint density at radius 2 is 2.00 bits per heavy atom. The second kappa shape index (κ2) is 7.81. The first kappa shape index (κ1) is 15.5. The van der Waals surface area contributed by atoms with Gasteiger partial charge in [-0.05, 0) is 24.0 Å². The van der Waals surface area contributed by atoms with Crippen LogP contribution in [0.15, 0.2) is 24.3 Å². The summed E-state index contributed by atoms with van der Waals surface area (Å²) in [7, 11) is 1.29. The number of aliphatic carboxylic acids is 1. The summed E-state index contributed by atoms with van der Waals surface area (Å²) in [6.45, 7) is -0.0583. The number of carbonyl (C=O) groups is 2. The number of nitrogens with one attached hydrogen (secondary N) is 1. The topological polar surface area (TPSA) is 75.6 Å². The molecule has 0 heterocycles. The van der Waals surface area contributed by atoms with Crippen molar-refractivity contribution in [1.82, 2.24) is 5.32 Å². The van der Waals surface area contributed by atoms with Crippen LogP contribution in [0.4, 0.5) is 0 Å². The fourth-order valence-electron chi connectivity index (χ4n) is 1.48. The molecule has 1 rings (SSSR count). The van der Waals surface area contributed by atoms with E-state index in [4.69, 9.17) is 9.84 Å². The van der Waals surface area contributed by atoms with E-state index in [-0.39, 0.29) is 12.5 Å². The third-order valence-electron chi connectivity index (χ3n) is 2.54. The predicted molar refractivity (Wildman–Crippen MR) is 74.4 cm³/mol. The molecule has 0 saturated heterocycles.